The second-order valence-corrected chi connectivity index (χ2v) is 7.26. The van der Waals surface area contributed by atoms with Crippen molar-refractivity contribution in [3.05, 3.63) is 0 Å². The Kier molecular flexibility index (Phi) is 5.62. The van der Waals surface area contributed by atoms with E-state index in [4.69, 9.17) is 0 Å². The highest BCUT2D eigenvalue weighted by Crippen LogP contribution is 2.30. The molecule has 2 unspecified atom stereocenters. The summed E-state index contributed by atoms with van der Waals surface area (Å²) in [6.07, 6.45) is 3.08. The first-order valence-electron chi connectivity index (χ1n) is 6.41. The lowest BCUT2D eigenvalue weighted by molar-refractivity contribution is 0.156. The molecule has 1 fully saturated rings. The highest BCUT2D eigenvalue weighted by atomic mass is 32.2. The van der Waals surface area contributed by atoms with Crippen LogP contribution in [0.2, 0.25) is 0 Å². The summed E-state index contributed by atoms with van der Waals surface area (Å²) in [5.74, 6) is 3.14. The standard InChI is InChI=1S/C13H27NOS/c1-10(2)7-13(3,4)9-16-8-11-5-6-12(15)14-11/h10-12,14-15H,5-9H2,1-4H3. The Morgan fingerprint density at radius 1 is 1.38 bits per heavy atom. The molecule has 0 radical (unpaired) electrons. The van der Waals surface area contributed by atoms with Gasteiger partial charge in [0, 0.05) is 11.8 Å². The molecule has 2 N–H and O–H groups in total. The molecule has 0 aromatic heterocycles. The minimum Gasteiger partial charge on any atom is -0.379 e. The molecule has 2 atom stereocenters. The fourth-order valence-electron chi connectivity index (χ4n) is 2.57. The van der Waals surface area contributed by atoms with E-state index < -0.39 is 0 Å². The minimum atomic E-state index is -0.255. The molecule has 1 heterocycles. The Labute approximate surface area is 105 Å². The molecule has 1 aliphatic heterocycles. The molecule has 0 aromatic rings. The van der Waals surface area contributed by atoms with Crippen LogP contribution in [0.3, 0.4) is 0 Å². The molecule has 3 heteroatoms. The van der Waals surface area contributed by atoms with Crippen molar-refractivity contribution in [2.24, 2.45) is 11.3 Å². The van der Waals surface area contributed by atoms with Crippen molar-refractivity contribution in [3.8, 4) is 0 Å². The van der Waals surface area contributed by atoms with Crippen molar-refractivity contribution in [2.45, 2.75) is 59.2 Å². The van der Waals surface area contributed by atoms with Gasteiger partial charge in [0.1, 0.15) is 6.23 Å². The number of hydrogen-bond donors (Lipinski definition) is 2. The molecule has 1 rings (SSSR count). The second-order valence-electron chi connectivity index (χ2n) is 6.23. The Morgan fingerprint density at radius 2 is 2.06 bits per heavy atom. The third kappa shape index (κ3) is 5.55. The molecule has 0 aromatic carbocycles. The molecule has 1 aliphatic rings. The van der Waals surface area contributed by atoms with Crippen molar-refractivity contribution in [2.75, 3.05) is 11.5 Å². The smallest absolute Gasteiger partial charge is 0.105 e. The molecular weight excluding hydrogens is 218 g/mol. The normalized spacial score (nSPS) is 26.6. The summed E-state index contributed by atoms with van der Waals surface area (Å²) in [5, 5.41) is 12.6. The van der Waals surface area contributed by atoms with Crippen LogP contribution in [0.25, 0.3) is 0 Å². The van der Waals surface area contributed by atoms with Gasteiger partial charge in [-0.25, -0.2) is 0 Å². The van der Waals surface area contributed by atoms with Gasteiger partial charge in [0.2, 0.25) is 0 Å². The molecule has 0 aliphatic carbocycles. The van der Waals surface area contributed by atoms with Crippen LogP contribution in [-0.4, -0.2) is 28.9 Å². The predicted octanol–water partition coefficient (Wildman–Crippen LogP) is 2.86. The Balaban J connectivity index is 2.14. The van der Waals surface area contributed by atoms with Crippen LogP contribution in [0.5, 0.6) is 0 Å². The number of aliphatic hydroxyl groups is 1. The second kappa shape index (κ2) is 6.27. The maximum atomic E-state index is 9.36. The number of thioether (sulfide) groups is 1. The maximum Gasteiger partial charge on any atom is 0.105 e. The van der Waals surface area contributed by atoms with E-state index in [1.165, 1.54) is 12.2 Å². The quantitative estimate of drug-likeness (QED) is 0.755. The summed E-state index contributed by atoms with van der Waals surface area (Å²) in [6.45, 7) is 9.30. The van der Waals surface area contributed by atoms with Gasteiger partial charge in [-0.15, -0.1) is 0 Å². The SMILES string of the molecule is CC(C)CC(C)(C)CSCC1CCC(O)N1. The number of nitrogens with one attached hydrogen (secondary N) is 1. The van der Waals surface area contributed by atoms with Gasteiger partial charge in [-0.2, -0.15) is 11.8 Å². The van der Waals surface area contributed by atoms with Gasteiger partial charge in [0.15, 0.2) is 0 Å². The zero-order chi connectivity index (χ0) is 12.2. The molecule has 96 valence electrons. The molecule has 0 saturated carbocycles. The zero-order valence-corrected chi connectivity index (χ0v) is 11.9. The van der Waals surface area contributed by atoms with Crippen LogP contribution >= 0.6 is 11.8 Å². The van der Waals surface area contributed by atoms with E-state index in [1.807, 2.05) is 11.8 Å². The highest BCUT2D eigenvalue weighted by Gasteiger charge is 2.23. The lowest BCUT2D eigenvalue weighted by Gasteiger charge is -2.26. The molecular formula is C13H27NOS. The van der Waals surface area contributed by atoms with Crippen LogP contribution in [0.1, 0.15) is 47.0 Å². The van der Waals surface area contributed by atoms with Gasteiger partial charge in [-0.1, -0.05) is 27.7 Å². The first-order chi connectivity index (χ1) is 7.39. The van der Waals surface area contributed by atoms with Crippen LogP contribution in [0, 0.1) is 11.3 Å². The van der Waals surface area contributed by atoms with Crippen LogP contribution in [0.15, 0.2) is 0 Å². The highest BCUT2D eigenvalue weighted by molar-refractivity contribution is 7.99. The maximum absolute atomic E-state index is 9.36. The predicted molar refractivity (Wildman–Crippen MR) is 72.7 cm³/mol. The van der Waals surface area contributed by atoms with Gasteiger partial charge in [-0.3, -0.25) is 5.32 Å². The number of rotatable bonds is 6. The molecule has 0 spiro atoms. The topological polar surface area (TPSA) is 32.3 Å². The van der Waals surface area contributed by atoms with Crippen LogP contribution in [0.4, 0.5) is 0 Å². The van der Waals surface area contributed by atoms with Crippen molar-refractivity contribution in [3.63, 3.8) is 0 Å². The van der Waals surface area contributed by atoms with E-state index in [0.29, 0.717) is 11.5 Å². The monoisotopic (exact) mass is 245 g/mol. The van der Waals surface area contributed by atoms with Gasteiger partial charge >= 0.3 is 0 Å². The lowest BCUT2D eigenvalue weighted by atomic mass is 9.86. The largest absolute Gasteiger partial charge is 0.379 e. The third-order valence-corrected chi connectivity index (χ3v) is 4.61. The van der Waals surface area contributed by atoms with E-state index in [-0.39, 0.29) is 6.23 Å². The summed E-state index contributed by atoms with van der Waals surface area (Å²) >= 11 is 2.03. The first kappa shape index (κ1) is 14.3. The van der Waals surface area contributed by atoms with Crippen LogP contribution in [-0.2, 0) is 0 Å². The van der Waals surface area contributed by atoms with E-state index >= 15 is 0 Å². The molecule has 1 saturated heterocycles. The summed E-state index contributed by atoms with van der Waals surface area (Å²) in [7, 11) is 0. The van der Waals surface area contributed by atoms with Gasteiger partial charge in [0.05, 0.1) is 0 Å². The van der Waals surface area contributed by atoms with Crippen molar-refractivity contribution in [1.29, 1.82) is 0 Å². The molecule has 0 amide bonds. The average molecular weight is 245 g/mol. The Morgan fingerprint density at radius 3 is 2.56 bits per heavy atom. The molecule has 16 heavy (non-hydrogen) atoms. The number of aliphatic hydroxyl groups excluding tert-OH is 1. The fraction of sp³-hybridized carbons (Fsp3) is 1.00. The Hall–Kier alpha value is 0.270. The summed E-state index contributed by atoms with van der Waals surface area (Å²) in [5.41, 5.74) is 0.441. The summed E-state index contributed by atoms with van der Waals surface area (Å²) in [4.78, 5) is 0. The van der Waals surface area contributed by atoms with Crippen molar-refractivity contribution in [1.82, 2.24) is 5.32 Å². The first-order valence-corrected chi connectivity index (χ1v) is 7.56. The third-order valence-electron chi connectivity index (χ3n) is 2.99. The van der Waals surface area contributed by atoms with Crippen molar-refractivity contribution < 1.29 is 5.11 Å². The number of hydrogen-bond acceptors (Lipinski definition) is 3. The van der Waals surface area contributed by atoms with Crippen molar-refractivity contribution >= 4 is 11.8 Å². The van der Waals surface area contributed by atoms with E-state index in [1.54, 1.807) is 0 Å². The molecule has 2 nitrogen and oxygen atoms in total. The minimum absolute atomic E-state index is 0.255. The van der Waals surface area contributed by atoms with E-state index in [9.17, 15) is 5.11 Å². The molecule has 0 bridgehead atoms. The summed E-state index contributed by atoms with van der Waals surface area (Å²) in [6, 6.07) is 0.523. The summed E-state index contributed by atoms with van der Waals surface area (Å²) < 4.78 is 0. The zero-order valence-electron chi connectivity index (χ0n) is 11.1. The lowest BCUT2D eigenvalue weighted by Crippen LogP contribution is -2.31. The average Bonchev–Trinajstić information content (AvgIpc) is 2.48. The van der Waals surface area contributed by atoms with E-state index in [2.05, 4.69) is 33.0 Å². The van der Waals surface area contributed by atoms with E-state index in [0.717, 1.165) is 24.5 Å². The van der Waals surface area contributed by atoms with Gasteiger partial charge in [-0.05, 0) is 36.3 Å². The fourth-order valence-corrected chi connectivity index (χ4v) is 3.91. The Bertz CT molecular complexity index is 206. The van der Waals surface area contributed by atoms with Gasteiger partial charge in [0.25, 0.3) is 0 Å². The van der Waals surface area contributed by atoms with Gasteiger partial charge < -0.3 is 5.11 Å². The van der Waals surface area contributed by atoms with Crippen LogP contribution < -0.4 is 5.32 Å².